The summed E-state index contributed by atoms with van der Waals surface area (Å²) in [5.74, 6) is 0.180. The Bertz CT molecular complexity index is 1270. The van der Waals surface area contributed by atoms with Gasteiger partial charge in [-0.1, -0.05) is 24.3 Å². The van der Waals surface area contributed by atoms with Crippen molar-refractivity contribution in [3.8, 4) is 5.82 Å². The lowest BCUT2D eigenvalue weighted by Crippen LogP contribution is -2.38. The third kappa shape index (κ3) is 2.90. The summed E-state index contributed by atoms with van der Waals surface area (Å²) in [6.07, 6.45) is 1.60. The van der Waals surface area contributed by atoms with E-state index in [0.717, 1.165) is 10.9 Å². The molecule has 29 heavy (non-hydrogen) atoms. The second-order valence-electron chi connectivity index (χ2n) is 7.24. The Balaban J connectivity index is 2.16. The van der Waals surface area contributed by atoms with Crippen LogP contribution in [-0.2, 0) is 7.05 Å². The summed E-state index contributed by atoms with van der Waals surface area (Å²) >= 11 is 0. The van der Waals surface area contributed by atoms with Crippen LogP contribution in [0.1, 0.15) is 31.3 Å². The highest BCUT2D eigenvalue weighted by molar-refractivity contribution is 6.16. The molecular formula is C22H23N5O2. The third-order valence-electron chi connectivity index (χ3n) is 5.23. The summed E-state index contributed by atoms with van der Waals surface area (Å²) in [5.41, 5.74) is 1.27. The topological polar surface area (TPSA) is 73.0 Å². The molecule has 0 unspecified atom stereocenters. The maximum atomic E-state index is 13.5. The number of amides is 1. The molecule has 0 saturated heterocycles. The number of benzene rings is 1. The lowest BCUT2D eigenvalue weighted by molar-refractivity contribution is 0.0711. The molecule has 4 rings (SSSR count). The van der Waals surface area contributed by atoms with E-state index in [-0.39, 0.29) is 23.2 Å². The highest BCUT2D eigenvalue weighted by atomic mass is 16.2. The predicted molar refractivity (Wildman–Crippen MR) is 113 cm³/mol. The number of nitrogens with zero attached hydrogens (tertiary/aromatic N) is 5. The van der Waals surface area contributed by atoms with Crippen molar-refractivity contribution in [1.29, 1.82) is 0 Å². The molecule has 0 N–H and O–H groups in total. The Kier molecular flexibility index (Phi) is 4.66. The van der Waals surface area contributed by atoms with E-state index >= 15 is 0 Å². The molecular weight excluding hydrogens is 366 g/mol. The minimum atomic E-state index is -0.304. The van der Waals surface area contributed by atoms with Gasteiger partial charge < -0.3 is 9.47 Å². The van der Waals surface area contributed by atoms with Crippen LogP contribution in [0.15, 0.2) is 53.5 Å². The van der Waals surface area contributed by atoms with Gasteiger partial charge in [-0.2, -0.15) is 9.78 Å². The van der Waals surface area contributed by atoms with Crippen molar-refractivity contribution in [2.45, 2.75) is 26.8 Å². The fourth-order valence-electron chi connectivity index (χ4n) is 3.84. The Morgan fingerprint density at radius 2 is 1.86 bits per heavy atom. The van der Waals surface area contributed by atoms with Crippen LogP contribution in [0.3, 0.4) is 0 Å². The lowest BCUT2D eigenvalue weighted by Gasteiger charge is -2.25. The van der Waals surface area contributed by atoms with E-state index in [1.54, 1.807) is 29.3 Å². The Labute approximate surface area is 168 Å². The van der Waals surface area contributed by atoms with Crippen molar-refractivity contribution < 1.29 is 4.79 Å². The molecule has 0 radical (unpaired) electrons. The average molecular weight is 389 g/mol. The molecule has 0 aliphatic rings. The monoisotopic (exact) mass is 389 g/mol. The van der Waals surface area contributed by atoms with Gasteiger partial charge in [0.25, 0.3) is 11.5 Å². The fraction of sp³-hybridized carbons (Fsp3) is 0.273. The molecule has 7 nitrogen and oxygen atoms in total. The average Bonchev–Trinajstić information content (AvgIpc) is 3.03. The standard InChI is InChI=1S/C22H23N5O2/c1-5-26(14(2)3)21(28)19-18-15-10-6-7-11-16(15)25(4)20(18)22(29)27(24-19)17-12-8-9-13-23-17/h6-14H,5H2,1-4H3. The molecule has 1 amide bonds. The highest BCUT2D eigenvalue weighted by Crippen LogP contribution is 2.29. The Morgan fingerprint density at radius 3 is 2.52 bits per heavy atom. The summed E-state index contributed by atoms with van der Waals surface area (Å²) in [4.78, 5) is 32.9. The van der Waals surface area contributed by atoms with Crippen LogP contribution in [0.5, 0.6) is 0 Å². The Morgan fingerprint density at radius 1 is 1.14 bits per heavy atom. The molecule has 4 aromatic rings. The van der Waals surface area contributed by atoms with E-state index in [1.165, 1.54) is 4.68 Å². The first-order valence-electron chi connectivity index (χ1n) is 9.68. The number of carbonyl (C=O) groups excluding carboxylic acids is 1. The summed E-state index contributed by atoms with van der Waals surface area (Å²) in [6.45, 7) is 6.42. The quantitative estimate of drug-likeness (QED) is 0.537. The van der Waals surface area contributed by atoms with E-state index in [4.69, 9.17) is 0 Å². The van der Waals surface area contributed by atoms with Gasteiger partial charge >= 0.3 is 0 Å². The first-order chi connectivity index (χ1) is 14.0. The molecule has 0 fully saturated rings. The number of aromatic nitrogens is 4. The summed E-state index contributed by atoms with van der Waals surface area (Å²) in [7, 11) is 1.84. The first-order valence-corrected chi connectivity index (χ1v) is 9.68. The van der Waals surface area contributed by atoms with Gasteiger partial charge in [0, 0.05) is 42.1 Å². The zero-order valence-electron chi connectivity index (χ0n) is 17.0. The molecule has 0 saturated carbocycles. The number of fused-ring (bicyclic) bond motifs is 3. The van der Waals surface area contributed by atoms with Gasteiger partial charge in [-0.3, -0.25) is 9.59 Å². The van der Waals surface area contributed by atoms with Crippen LogP contribution in [0.4, 0.5) is 0 Å². The minimum absolute atomic E-state index is 0.00885. The summed E-state index contributed by atoms with van der Waals surface area (Å²) in [6, 6.07) is 13.0. The molecule has 3 aromatic heterocycles. The highest BCUT2D eigenvalue weighted by Gasteiger charge is 2.27. The van der Waals surface area contributed by atoms with Gasteiger partial charge in [0.05, 0.1) is 0 Å². The molecule has 0 aliphatic carbocycles. The van der Waals surface area contributed by atoms with Crippen LogP contribution in [0, 0.1) is 0 Å². The third-order valence-corrected chi connectivity index (χ3v) is 5.23. The molecule has 7 heteroatoms. The van der Waals surface area contributed by atoms with E-state index in [9.17, 15) is 9.59 Å². The van der Waals surface area contributed by atoms with Crippen LogP contribution in [-0.4, -0.2) is 42.7 Å². The lowest BCUT2D eigenvalue weighted by atomic mass is 10.1. The smallest absolute Gasteiger partial charge is 0.297 e. The predicted octanol–water partition coefficient (Wildman–Crippen LogP) is 3.14. The Hall–Kier alpha value is -3.48. The molecule has 0 spiro atoms. The summed E-state index contributed by atoms with van der Waals surface area (Å²) < 4.78 is 3.05. The second-order valence-corrected chi connectivity index (χ2v) is 7.24. The van der Waals surface area contributed by atoms with E-state index in [1.807, 2.05) is 56.7 Å². The van der Waals surface area contributed by atoms with Crippen LogP contribution in [0.2, 0.25) is 0 Å². The van der Waals surface area contributed by atoms with Crippen molar-refractivity contribution in [3.63, 3.8) is 0 Å². The zero-order valence-corrected chi connectivity index (χ0v) is 17.0. The largest absolute Gasteiger partial charge is 0.339 e. The first kappa shape index (κ1) is 18.9. The van der Waals surface area contributed by atoms with Gasteiger partial charge in [0.2, 0.25) is 0 Å². The normalized spacial score (nSPS) is 11.5. The van der Waals surface area contributed by atoms with E-state index < -0.39 is 0 Å². The second kappa shape index (κ2) is 7.16. The maximum Gasteiger partial charge on any atom is 0.297 e. The number of rotatable bonds is 4. The van der Waals surface area contributed by atoms with Crippen molar-refractivity contribution in [2.24, 2.45) is 7.05 Å². The van der Waals surface area contributed by atoms with Crippen molar-refractivity contribution >= 4 is 27.7 Å². The zero-order chi connectivity index (χ0) is 20.7. The molecule has 3 heterocycles. The molecule has 1 aromatic carbocycles. The number of hydrogen-bond donors (Lipinski definition) is 0. The number of aryl methyl sites for hydroxylation is 1. The van der Waals surface area contributed by atoms with Crippen LogP contribution in [0.25, 0.3) is 27.6 Å². The van der Waals surface area contributed by atoms with Gasteiger partial charge in [0.15, 0.2) is 11.5 Å². The van der Waals surface area contributed by atoms with Crippen LogP contribution >= 0.6 is 0 Å². The van der Waals surface area contributed by atoms with Gasteiger partial charge in [-0.15, -0.1) is 0 Å². The van der Waals surface area contributed by atoms with Crippen molar-refractivity contribution in [2.75, 3.05) is 6.54 Å². The molecule has 0 aliphatic heterocycles. The number of pyridine rings is 1. The van der Waals surface area contributed by atoms with Crippen LogP contribution < -0.4 is 5.56 Å². The number of para-hydroxylation sites is 1. The molecule has 0 bridgehead atoms. The minimum Gasteiger partial charge on any atom is -0.339 e. The summed E-state index contributed by atoms with van der Waals surface area (Å²) in [5, 5.41) is 5.95. The van der Waals surface area contributed by atoms with Gasteiger partial charge in [-0.25, -0.2) is 4.98 Å². The van der Waals surface area contributed by atoms with Gasteiger partial charge in [-0.05, 0) is 39.0 Å². The van der Waals surface area contributed by atoms with Crippen molar-refractivity contribution in [3.05, 3.63) is 64.7 Å². The maximum absolute atomic E-state index is 13.5. The fourth-order valence-corrected chi connectivity index (χ4v) is 3.84. The van der Waals surface area contributed by atoms with Crippen molar-refractivity contribution in [1.82, 2.24) is 24.2 Å². The molecule has 148 valence electrons. The number of carbonyl (C=O) groups is 1. The number of hydrogen-bond acceptors (Lipinski definition) is 4. The SMILES string of the molecule is CCN(C(=O)c1nn(-c2ccccn2)c(=O)c2c1c1ccccc1n2C)C(C)C. The molecule has 0 atom stereocenters. The van der Waals surface area contributed by atoms with Gasteiger partial charge in [0.1, 0.15) is 5.52 Å². The van der Waals surface area contributed by atoms with E-state index in [2.05, 4.69) is 10.1 Å². The van der Waals surface area contributed by atoms with E-state index in [0.29, 0.717) is 23.3 Å².